The molecule has 0 aliphatic heterocycles. The van der Waals surface area contributed by atoms with Crippen molar-refractivity contribution in [1.82, 2.24) is 15.3 Å². The van der Waals surface area contributed by atoms with Gasteiger partial charge < -0.3 is 10.4 Å². The molecule has 0 unspecified atom stereocenters. The van der Waals surface area contributed by atoms with Crippen molar-refractivity contribution in [2.24, 2.45) is 0 Å². The predicted octanol–water partition coefficient (Wildman–Crippen LogP) is 1.42. The highest BCUT2D eigenvalue weighted by Crippen LogP contribution is 2.16. The van der Waals surface area contributed by atoms with Crippen molar-refractivity contribution in [3.05, 3.63) is 60.2 Å². The molecule has 2 N–H and O–H groups in total. The molecule has 6 heteroatoms. The van der Waals surface area contributed by atoms with Crippen LogP contribution in [0.2, 0.25) is 0 Å². The second-order valence-corrected chi connectivity index (χ2v) is 4.13. The predicted molar refractivity (Wildman–Crippen MR) is 70.9 cm³/mol. The Bertz CT molecular complexity index is 587. The van der Waals surface area contributed by atoms with Gasteiger partial charge in [0.05, 0.1) is 18.7 Å². The molecule has 0 aliphatic rings. The lowest BCUT2D eigenvalue weighted by Gasteiger charge is -2.17. The molecule has 0 aliphatic carbocycles. The summed E-state index contributed by atoms with van der Waals surface area (Å²) in [6.45, 7) is 0. The Balaban J connectivity index is 2.16. The molecule has 1 heterocycles. The largest absolute Gasteiger partial charge is 0.481 e. The standard InChI is InChI=1S/C14H13N3O3/c18-13(19)8-11(10-4-2-1-3-5-10)17-14(20)12-9-15-6-7-16-12/h1-7,9,11H,8H2,(H,17,20)(H,18,19)/t11-/m0/s1. The normalized spacial score (nSPS) is 11.6. The van der Waals surface area contributed by atoms with E-state index in [2.05, 4.69) is 15.3 Å². The van der Waals surface area contributed by atoms with Crippen LogP contribution in [0.25, 0.3) is 0 Å². The van der Waals surface area contributed by atoms with E-state index in [4.69, 9.17) is 5.11 Å². The maximum Gasteiger partial charge on any atom is 0.305 e. The van der Waals surface area contributed by atoms with Crippen LogP contribution in [0.4, 0.5) is 0 Å². The number of nitrogens with one attached hydrogen (secondary N) is 1. The van der Waals surface area contributed by atoms with E-state index in [1.807, 2.05) is 6.07 Å². The lowest BCUT2D eigenvalue weighted by Crippen LogP contribution is -2.30. The van der Waals surface area contributed by atoms with Crippen molar-refractivity contribution in [1.29, 1.82) is 0 Å². The number of carbonyl (C=O) groups is 2. The van der Waals surface area contributed by atoms with Crippen LogP contribution in [0.5, 0.6) is 0 Å². The minimum atomic E-state index is -0.988. The Labute approximate surface area is 115 Å². The number of carboxylic acids is 1. The minimum absolute atomic E-state index is 0.152. The molecule has 0 radical (unpaired) electrons. The van der Waals surface area contributed by atoms with Crippen molar-refractivity contribution in [3.63, 3.8) is 0 Å². The van der Waals surface area contributed by atoms with Gasteiger partial charge >= 0.3 is 5.97 Å². The van der Waals surface area contributed by atoms with Crippen molar-refractivity contribution < 1.29 is 14.7 Å². The van der Waals surface area contributed by atoms with E-state index in [0.29, 0.717) is 0 Å². The zero-order valence-corrected chi connectivity index (χ0v) is 10.6. The van der Waals surface area contributed by atoms with Gasteiger partial charge in [0.1, 0.15) is 5.69 Å². The van der Waals surface area contributed by atoms with E-state index in [9.17, 15) is 9.59 Å². The molecular weight excluding hydrogens is 258 g/mol. The van der Waals surface area contributed by atoms with E-state index in [1.54, 1.807) is 24.3 Å². The van der Waals surface area contributed by atoms with Gasteiger partial charge in [-0.1, -0.05) is 30.3 Å². The van der Waals surface area contributed by atoms with Gasteiger partial charge in [-0.15, -0.1) is 0 Å². The van der Waals surface area contributed by atoms with Gasteiger partial charge in [0.25, 0.3) is 5.91 Å². The van der Waals surface area contributed by atoms with E-state index in [-0.39, 0.29) is 12.1 Å². The Morgan fingerprint density at radius 2 is 1.95 bits per heavy atom. The lowest BCUT2D eigenvalue weighted by atomic mass is 10.0. The molecule has 102 valence electrons. The summed E-state index contributed by atoms with van der Waals surface area (Å²) in [5.74, 6) is -1.44. The molecule has 0 saturated carbocycles. The summed E-state index contributed by atoms with van der Waals surface area (Å²) in [5, 5.41) is 11.6. The van der Waals surface area contributed by atoms with Gasteiger partial charge in [-0.3, -0.25) is 14.6 Å². The number of rotatable bonds is 5. The van der Waals surface area contributed by atoms with Crippen LogP contribution in [0.3, 0.4) is 0 Å². The van der Waals surface area contributed by atoms with Gasteiger partial charge in [-0.25, -0.2) is 4.98 Å². The first-order chi connectivity index (χ1) is 9.66. The summed E-state index contributed by atoms with van der Waals surface area (Å²) >= 11 is 0. The molecule has 0 saturated heterocycles. The maximum atomic E-state index is 12.0. The fraction of sp³-hybridized carbons (Fsp3) is 0.143. The Morgan fingerprint density at radius 1 is 1.20 bits per heavy atom. The summed E-state index contributed by atoms with van der Waals surface area (Å²) in [6.07, 6.45) is 4.00. The summed E-state index contributed by atoms with van der Waals surface area (Å²) in [5.41, 5.74) is 0.881. The summed E-state index contributed by atoms with van der Waals surface area (Å²) in [4.78, 5) is 30.6. The molecular formula is C14H13N3O3. The molecule has 2 rings (SSSR count). The molecule has 20 heavy (non-hydrogen) atoms. The second-order valence-electron chi connectivity index (χ2n) is 4.13. The fourth-order valence-corrected chi connectivity index (χ4v) is 1.76. The molecule has 2 aromatic rings. The number of hydrogen-bond acceptors (Lipinski definition) is 4. The van der Waals surface area contributed by atoms with Crippen LogP contribution in [-0.4, -0.2) is 27.0 Å². The van der Waals surface area contributed by atoms with E-state index < -0.39 is 17.9 Å². The lowest BCUT2D eigenvalue weighted by molar-refractivity contribution is -0.137. The van der Waals surface area contributed by atoms with Gasteiger partial charge in [-0.05, 0) is 5.56 Å². The molecule has 1 atom stereocenters. The zero-order valence-electron chi connectivity index (χ0n) is 10.6. The van der Waals surface area contributed by atoms with E-state index in [0.717, 1.165) is 5.56 Å². The molecule has 0 bridgehead atoms. The molecule has 0 fully saturated rings. The van der Waals surface area contributed by atoms with Crippen molar-refractivity contribution in [2.45, 2.75) is 12.5 Å². The van der Waals surface area contributed by atoms with Gasteiger partial charge in [0, 0.05) is 12.4 Å². The van der Waals surface area contributed by atoms with E-state index in [1.165, 1.54) is 18.6 Å². The van der Waals surface area contributed by atoms with Crippen LogP contribution in [0.1, 0.15) is 28.5 Å². The van der Waals surface area contributed by atoms with Crippen molar-refractivity contribution in [3.8, 4) is 0 Å². The Hall–Kier alpha value is -2.76. The maximum absolute atomic E-state index is 12.0. The van der Waals surface area contributed by atoms with Gasteiger partial charge in [0.15, 0.2) is 0 Å². The van der Waals surface area contributed by atoms with E-state index >= 15 is 0 Å². The number of carbonyl (C=O) groups excluding carboxylic acids is 1. The zero-order chi connectivity index (χ0) is 14.4. The average Bonchev–Trinajstić information content (AvgIpc) is 2.48. The second kappa shape index (κ2) is 6.42. The van der Waals surface area contributed by atoms with Crippen molar-refractivity contribution in [2.75, 3.05) is 0 Å². The Morgan fingerprint density at radius 3 is 2.55 bits per heavy atom. The summed E-state index contributed by atoms with van der Waals surface area (Å²) in [6, 6.07) is 8.33. The minimum Gasteiger partial charge on any atom is -0.481 e. The first-order valence-corrected chi connectivity index (χ1v) is 6.00. The van der Waals surface area contributed by atoms with Crippen LogP contribution >= 0.6 is 0 Å². The number of carboxylic acid groups (broad SMARTS) is 1. The quantitative estimate of drug-likeness (QED) is 0.858. The number of benzene rings is 1. The first-order valence-electron chi connectivity index (χ1n) is 6.00. The first kappa shape index (κ1) is 13.7. The fourth-order valence-electron chi connectivity index (χ4n) is 1.76. The highest BCUT2D eigenvalue weighted by atomic mass is 16.4. The third-order valence-corrected chi connectivity index (χ3v) is 2.68. The average molecular weight is 271 g/mol. The van der Waals surface area contributed by atoms with Crippen LogP contribution in [-0.2, 0) is 4.79 Å². The number of amides is 1. The highest BCUT2D eigenvalue weighted by Gasteiger charge is 2.19. The van der Waals surface area contributed by atoms with Crippen molar-refractivity contribution >= 4 is 11.9 Å². The van der Waals surface area contributed by atoms with Crippen LogP contribution in [0, 0.1) is 0 Å². The van der Waals surface area contributed by atoms with Gasteiger partial charge in [-0.2, -0.15) is 0 Å². The van der Waals surface area contributed by atoms with Crippen LogP contribution < -0.4 is 5.32 Å². The third kappa shape index (κ3) is 3.61. The Kier molecular flexibility index (Phi) is 4.39. The molecule has 1 amide bonds. The van der Waals surface area contributed by atoms with Crippen LogP contribution in [0.15, 0.2) is 48.9 Å². The molecule has 6 nitrogen and oxygen atoms in total. The SMILES string of the molecule is O=C(O)C[C@H](NC(=O)c1cnccn1)c1ccccc1. The third-order valence-electron chi connectivity index (χ3n) is 2.68. The molecule has 0 spiro atoms. The summed E-state index contributed by atoms with van der Waals surface area (Å²) < 4.78 is 0. The number of hydrogen-bond donors (Lipinski definition) is 2. The smallest absolute Gasteiger partial charge is 0.305 e. The number of aliphatic carboxylic acids is 1. The summed E-state index contributed by atoms with van der Waals surface area (Å²) in [7, 11) is 0. The monoisotopic (exact) mass is 271 g/mol. The number of aromatic nitrogens is 2. The molecule has 1 aromatic carbocycles. The highest BCUT2D eigenvalue weighted by molar-refractivity contribution is 5.92. The molecule has 1 aromatic heterocycles. The van der Waals surface area contributed by atoms with Gasteiger partial charge in [0.2, 0.25) is 0 Å². The topological polar surface area (TPSA) is 92.2 Å². The number of nitrogens with zero attached hydrogens (tertiary/aromatic N) is 2.